The van der Waals surface area contributed by atoms with Crippen molar-refractivity contribution in [3.63, 3.8) is 0 Å². The maximum atomic E-state index is 6.09. The fraction of sp³-hybridized carbons (Fsp3) is 0.448. The van der Waals surface area contributed by atoms with E-state index in [1.165, 1.54) is 42.6 Å². The lowest BCUT2D eigenvalue weighted by Crippen LogP contribution is -2.30. The molecule has 5 heteroatoms. The Morgan fingerprint density at radius 1 is 0.912 bits per heavy atom. The molecule has 2 aromatic carbocycles. The molecule has 2 saturated heterocycles. The smallest absolute Gasteiger partial charge is 0.225 e. The van der Waals surface area contributed by atoms with Crippen LogP contribution in [0.4, 0.5) is 5.95 Å². The van der Waals surface area contributed by atoms with E-state index in [1.807, 2.05) is 12.3 Å². The fourth-order valence-corrected chi connectivity index (χ4v) is 5.48. The summed E-state index contributed by atoms with van der Waals surface area (Å²) in [7, 11) is 2.22. The van der Waals surface area contributed by atoms with Crippen LogP contribution in [0, 0.1) is 12.3 Å². The van der Waals surface area contributed by atoms with Gasteiger partial charge in [0.15, 0.2) is 0 Å². The molecule has 2 fully saturated rings. The van der Waals surface area contributed by atoms with Crippen LogP contribution in [0.3, 0.4) is 0 Å². The number of benzene rings is 2. The Morgan fingerprint density at radius 2 is 1.59 bits per heavy atom. The Morgan fingerprint density at radius 3 is 2.26 bits per heavy atom. The molecule has 3 heterocycles. The Hall–Kier alpha value is -2.92. The third-order valence-electron chi connectivity index (χ3n) is 7.79. The molecule has 1 unspecified atom stereocenters. The summed E-state index contributed by atoms with van der Waals surface area (Å²) >= 11 is 0. The highest BCUT2D eigenvalue weighted by Gasteiger charge is 2.43. The van der Waals surface area contributed by atoms with Crippen LogP contribution < -0.4 is 9.64 Å². The van der Waals surface area contributed by atoms with E-state index in [-0.39, 0.29) is 5.41 Å². The van der Waals surface area contributed by atoms with Gasteiger partial charge in [-0.15, -0.1) is 0 Å². The van der Waals surface area contributed by atoms with Gasteiger partial charge in [0, 0.05) is 36.7 Å². The zero-order chi connectivity index (χ0) is 23.8. The van der Waals surface area contributed by atoms with E-state index in [1.54, 1.807) is 0 Å². The molecule has 178 valence electrons. The van der Waals surface area contributed by atoms with E-state index in [2.05, 4.69) is 91.1 Å². The molecular weight excluding hydrogens is 420 g/mol. The van der Waals surface area contributed by atoms with Crippen molar-refractivity contribution in [2.24, 2.45) is 5.41 Å². The number of hydrogen-bond acceptors (Lipinski definition) is 5. The first-order valence-electron chi connectivity index (χ1n) is 12.4. The van der Waals surface area contributed by atoms with Crippen LogP contribution in [0.25, 0.3) is 0 Å². The number of aryl methyl sites for hydroxylation is 1. The molecule has 0 bridgehead atoms. The van der Waals surface area contributed by atoms with Crippen molar-refractivity contribution in [2.75, 3.05) is 38.1 Å². The second-order valence-electron chi connectivity index (χ2n) is 10.8. The van der Waals surface area contributed by atoms with Gasteiger partial charge in [0.25, 0.3) is 0 Å². The lowest BCUT2D eigenvalue weighted by Gasteiger charge is -2.26. The predicted molar refractivity (Wildman–Crippen MR) is 137 cm³/mol. The second-order valence-corrected chi connectivity index (χ2v) is 10.8. The molecule has 0 saturated carbocycles. The standard InChI is InChI=1S/C29H36N4O/c1-22-5-7-23(8-6-22)28(2,3)24-9-11-26(12-10-24)34-19-25-13-16-30-27(31-25)33-18-15-29(21-33)14-17-32(4)20-29/h5-13,16H,14-15,17-21H2,1-4H3. The SMILES string of the molecule is Cc1ccc(C(C)(C)c2ccc(OCc3ccnc(N4CCC5(CCN(C)C5)C4)n3)cc2)cc1. The van der Waals surface area contributed by atoms with E-state index in [9.17, 15) is 0 Å². The number of anilines is 1. The van der Waals surface area contributed by atoms with Crippen LogP contribution in [0.2, 0.25) is 0 Å². The largest absolute Gasteiger partial charge is 0.487 e. The van der Waals surface area contributed by atoms with E-state index in [4.69, 9.17) is 9.72 Å². The molecule has 1 atom stereocenters. The van der Waals surface area contributed by atoms with Gasteiger partial charge in [-0.2, -0.15) is 0 Å². The summed E-state index contributed by atoms with van der Waals surface area (Å²) in [5.74, 6) is 1.69. The number of hydrogen-bond donors (Lipinski definition) is 0. The summed E-state index contributed by atoms with van der Waals surface area (Å²) < 4.78 is 6.09. The number of aromatic nitrogens is 2. The van der Waals surface area contributed by atoms with Crippen molar-refractivity contribution >= 4 is 5.95 Å². The summed E-state index contributed by atoms with van der Waals surface area (Å²) in [6, 6.07) is 19.2. The minimum atomic E-state index is -0.0605. The van der Waals surface area contributed by atoms with Crippen molar-refractivity contribution in [2.45, 2.75) is 45.6 Å². The highest BCUT2D eigenvalue weighted by atomic mass is 16.5. The minimum Gasteiger partial charge on any atom is -0.487 e. The van der Waals surface area contributed by atoms with Crippen LogP contribution >= 0.6 is 0 Å². The van der Waals surface area contributed by atoms with Crippen LogP contribution in [0.1, 0.15) is 49.1 Å². The predicted octanol–water partition coefficient (Wildman–Crippen LogP) is 5.22. The quantitative estimate of drug-likeness (QED) is 0.509. The molecule has 1 spiro atoms. The third-order valence-corrected chi connectivity index (χ3v) is 7.79. The average molecular weight is 457 g/mol. The Bertz CT molecular complexity index is 1130. The van der Waals surface area contributed by atoms with Gasteiger partial charge >= 0.3 is 0 Å². The normalized spacial score (nSPS) is 20.9. The summed E-state index contributed by atoms with van der Waals surface area (Å²) in [6.07, 6.45) is 4.37. The first-order valence-corrected chi connectivity index (χ1v) is 12.4. The topological polar surface area (TPSA) is 41.5 Å². The molecule has 3 aromatic rings. The molecule has 0 amide bonds. The lowest BCUT2D eigenvalue weighted by atomic mass is 9.78. The van der Waals surface area contributed by atoms with Gasteiger partial charge in [-0.3, -0.25) is 0 Å². The summed E-state index contributed by atoms with van der Waals surface area (Å²) in [5.41, 5.74) is 5.14. The molecule has 5 nitrogen and oxygen atoms in total. The molecule has 0 aliphatic carbocycles. The molecule has 2 aliphatic rings. The first kappa shape index (κ1) is 22.9. The number of rotatable bonds is 6. The van der Waals surface area contributed by atoms with Crippen LogP contribution in [0.15, 0.2) is 60.8 Å². The highest BCUT2D eigenvalue weighted by Crippen LogP contribution is 2.40. The maximum Gasteiger partial charge on any atom is 0.225 e. The summed E-state index contributed by atoms with van der Waals surface area (Å²) in [5, 5.41) is 0. The first-order chi connectivity index (χ1) is 16.3. The molecule has 0 N–H and O–H groups in total. The molecule has 2 aliphatic heterocycles. The zero-order valence-electron chi connectivity index (χ0n) is 20.9. The second kappa shape index (κ2) is 9.03. The maximum absolute atomic E-state index is 6.09. The summed E-state index contributed by atoms with van der Waals surface area (Å²) in [4.78, 5) is 14.2. The fourth-order valence-electron chi connectivity index (χ4n) is 5.48. The van der Waals surface area contributed by atoms with Crippen molar-refractivity contribution in [1.29, 1.82) is 0 Å². The number of ether oxygens (including phenoxy) is 1. The van der Waals surface area contributed by atoms with Gasteiger partial charge in [-0.1, -0.05) is 55.8 Å². The van der Waals surface area contributed by atoms with Gasteiger partial charge in [0.05, 0.1) is 5.69 Å². The lowest BCUT2D eigenvalue weighted by molar-refractivity contribution is 0.300. The van der Waals surface area contributed by atoms with Gasteiger partial charge in [-0.05, 0) is 62.7 Å². The molecular formula is C29H36N4O. The molecule has 5 rings (SSSR count). The van der Waals surface area contributed by atoms with Crippen LogP contribution in [0.5, 0.6) is 5.75 Å². The molecule has 34 heavy (non-hydrogen) atoms. The third kappa shape index (κ3) is 4.67. The van der Waals surface area contributed by atoms with Crippen molar-refractivity contribution in [1.82, 2.24) is 14.9 Å². The van der Waals surface area contributed by atoms with Gasteiger partial charge in [0.2, 0.25) is 5.95 Å². The van der Waals surface area contributed by atoms with Crippen LogP contribution in [-0.4, -0.2) is 48.1 Å². The van der Waals surface area contributed by atoms with Crippen LogP contribution in [-0.2, 0) is 12.0 Å². The van der Waals surface area contributed by atoms with Crippen molar-refractivity contribution in [3.8, 4) is 5.75 Å². The Labute approximate surface area is 203 Å². The van der Waals surface area contributed by atoms with E-state index < -0.39 is 0 Å². The Balaban J connectivity index is 1.21. The number of nitrogens with zero attached hydrogens (tertiary/aromatic N) is 4. The van der Waals surface area contributed by atoms with E-state index in [0.717, 1.165) is 30.5 Å². The molecule has 1 aromatic heterocycles. The monoisotopic (exact) mass is 456 g/mol. The van der Waals surface area contributed by atoms with Gasteiger partial charge in [-0.25, -0.2) is 9.97 Å². The van der Waals surface area contributed by atoms with E-state index >= 15 is 0 Å². The van der Waals surface area contributed by atoms with Crippen molar-refractivity contribution in [3.05, 3.63) is 83.2 Å². The van der Waals surface area contributed by atoms with Gasteiger partial charge in [0.1, 0.15) is 12.4 Å². The zero-order valence-corrected chi connectivity index (χ0v) is 20.9. The number of likely N-dealkylation sites (tertiary alicyclic amines) is 1. The minimum absolute atomic E-state index is 0.0605. The highest BCUT2D eigenvalue weighted by molar-refractivity contribution is 5.41. The molecule has 0 radical (unpaired) electrons. The average Bonchev–Trinajstić information content (AvgIpc) is 3.43. The summed E-state index contributed by atoms with van der Waals surface area (Å²) in [6.45, 7) is 11.6. The van der Waals surface area contributed by atoms with Gasteiger partial charge < -0.3 is 14.5 Å². The van der Waals surface area contributed by atoms with Crippen molar-refractivity contribution < 1.29 is 4.74 Å². The Kier molecular flexibility index (Phi) is 6.07. The van der Waals surface area contributed by atoms with E-state index in [0.29, 0.717) is 12.0 Å².